The molecule has 1 saturated heterocycles. The minimum Gasteiger partial charge on any atom is -0.444 e. The molecule has 0 saturated carbocycles. The fourth-order valence-electron chi connectivity index (χ4n) is 3.34. The molecule has 0 bridgehead atoms. The molecule has 1 aliphatic rings. The third-order valence-corrected chi connectivity index (χ3v) is 5.02. The summed E-state index contributed by atoms with van der Waals surface area (Å²) in [4.78, 5) is 32.9. The van der Waals surface area contributed by atoms with Crippen molar-refractivity contribution in [1.82, 2.24) is 20.1 Å². The van der Waals surface area contributed by atoms with E-state index in [0.717, 1.165) is 25.2 Å². The maximum atomic E-state index is 12.3. The van der Waals surface area contributed by atoms with Crippen LogP contribution in [0, 0.1) is 6.92 Å². The van der Waals surface area contributed by atoms with E-state index in [1.165, 1.54) is 0 Å². The second kappa shape index (κ2) is 9.96. The molecule has 0 radical (unpaired) electrons. The molecule has 0 spiro atoms. The van der Waals surface area contributed by atoms with Gasteiger partial charge in [-0.1, -0.05) is 18.2 Å². The zero-order valence-corrected chi connectivity index (χ0v) is 18.8. The predicted octanol–water partition coefficient (Wildman–Crippen LogP) is 2.86. The number of carbonyl (C=O) groups excluding carboxylic acids is 2. The molecular formula is C23H32N4O4. The Bertz CT molecular complexity index is 881. The second-order valence-electron chi connectivity index (χ2n) is 8.72. The molecule has 3 rings (SSSR count). The first-order valence-corrected chi connectivity index (χ1v) is 10.7. The summed E-state index contributed by atoms with van der Waals surface area (Å²) in [5.41, 5.74) is 1.06. The molecule has 1 aromatic carbocycles. The molecular weight excluding hydrogens is 396 g/mol. The number of nitrogens with zero attached hydrogens (tertiary/aromatic N) is 3. The quantitative estimate of drug-likeness (QED) is 0.761. The first-order valence-electron chi connectivity index (χ1n) is 10.7. The van der Waals surface area contributed by atoms with Crippen molar-refractivity contribution >= 4 is 12.0 Å². The number of rotatable bonds is 6. The van der Waals surface area contributed by atoms with Crippen molar-refractivity contribution in [2.75, 3.05) is 39.3 Å². The number of aromatic nitrogens is 1. The number of piperazine rings is 1. The summed E-state index contributed by atoms with van der Waals surface area (Å²) < 4.78 is 11.1. The van der Waals surface area contributed by atoms with Crippen molar-refractivity contribution < 1.29 is 18.7 Å². The van der Waals surface area contributed by atoms with Crippen LogP contribution in [0.15, 0.2) is 34.7 Å². The van der Waals surface area contributed by atoms with Crippen LogP contribution in [0.4, 0.5) is 4.79 Å². The van der Waals surface area contributed by atoms with Crippen LogP contribution in [-0.4, -0.2) is 71.7 Å². The van der Waals surface area contributed by atoms with Crippen molar-refractivity contribution in [2.24, 2.45) is 0 Å². The fourth-order valence-corrected chi connectivity index (χ4v) is 3.34. The number of amides is 2. The normalized spacial score (nSPS) is 15.0. The summed E-state index contributed by atoms with van der Waals surface area (Å²) in [6, 6.07) is 9.64. The number of aryl methyl sites for hydroxylation is 1. The monoisotopic (exact) mass is 428 g/mol. The SMILES string of the molecule is Cc1oc(-c2ccccc2)nc1CC(=O)NCCN1CCN(C(=O)OC(C)(C)C)CC1. The Hall–Kier alpha value is -2.87. The Morgan fingerprint density at radius 1 is 1.13 bits per heavy atom. The molecule has 31 heavy (non-hydrogen) atoms. The zero-order valence-electron chi connectivity index (χ0n) is 18.8. The van der Waals surface area contributed by atoms with Crippen molar-refractivity contribution in [3.63, 3.8) is 0 Å². The maximum absolute atomic E-state index is 12.3. The molecule has 1 aromatic heterocycles. The Morgan fingerprint density at radius 3 is 2.45 bits per heavy atom. The molecule has 0 atom stereocenters. The Labute approximate surface area is 183 Å². The van der Waals surface area contributed by atoms with Crippen molar-refractivity contribution in [1.29, 1.82) is 0 Å². The Morgan fingerprint density at radius 2 is 1.81 bits per heavy atom. The smallest absolute Gasteiger partial charge is 0.410 e. The number of ether oxygens (including phenoxy) is 1. The lowest BCUT2D eigenvalue weighted by atomic mass is 10.2. The third kappa shape index (κ3) is 6.82. The number of nitrogens with one attached hydrogen (secondary N) is 1. The molecule has 0 aliphatic carbocycles. The first-order chi connectivity index (χ1) is 14.7. The Kier molecular flexibility index (Phi) is 7.33. The van der Waals surface area contributed by atoms with E-state index in [1.54, 1.807) is 4.90 Å². The summed E-state index contributed by atoms with van der Waals surface area (Å²) in [5, 5.41) is 2.95. The minimum absolute atomic E-state index is 0.0802. The average Bonchev–Trinajstić information content (AvgIpc) is 3.08. The number of hydrogen-bond donors (Lipinski definition) is 1. The molecule has 8 nitrogen and oxygen atoms in total. The Balaban J connectivity index is 1.39. The molecule has 8 heteroatoms. The number of hydrogen-bond acceptors (Lipinski definition) is 6. The molecule has 2 heterocycles. The van der Waals surface area contributed by atoms with E-state index in [1.807, 2.05) is 58.0 Å². The lowest BCUT2D eigenvalue weighted by Crippen LogP contribution is -2.51. The van der Waals surface area contributed by atoms with Crippen LogP contribution < -0.4 is 5.32 Å². The average molecular weight is 429 g/mol. The molecule has 2 aromatic rings. The molecule has 1 fully saturated rings. The predicted molar refractivity (Wildman–Crippen MR) is 118 cm³/mol. The number of oxazole rings is 1. The summed E-state index contributed by atoms with van der Waals surface area (Å²) in [5.74, 6) is 1.11. The van der Waals surface area contributed by atoms with Gasteiger partial charge in [0.25, 0.3) is 0 Å². The van der Waals surface area contributed by atoms with Crippen LogP contribution in [0.2, 0.25) is 0 Å². The second-order valence-corrected chi connectivity index (χ2v) is 8.72. The van der Waals surface area contributed by atoms with E-state index >= 15 is 0 Å². The van der Waals surface area contributed by atoms with Crippen LogP contribution in [-0.2, 0) is 16.0 Å². The molecule has 2 amide bonds. The molecule has 1 aliphatic heterocycles. The molecule has 0 unspecified atom stereocenters. The summed E-state index contributed by atoms with van der Waals surface area (Å²) in [6.07, 6.45) is -0.0764. The lowest BCUT2D eigenvalue weighted by Gasteiger charge is -2.35. The van der Waals surface area contributed by atoms with Crippen molar-refractivity contribution in [2.45, 2.75) is 39.7 Å². The van der Waals surface area contributed by atoms with Gasteiger partial charge in [0.1, 0.15) is 11.4 Å². The van der Waals surface area contributed by atoms with Crippen LogP contribution in [0.1, 0.15) is 32.2 Å². The van der Waals surface area contributed by atoms with Gasteiger partial charge in [0, 0.05) is 44.8 Å². The number of benzene rings is 1. The van der Waals surface area contributed by atoms with Gasteiger partial charge in [-0.2, -0.15) is 0 Å². The highest BCUT2D eigenvalue weighted by Gasteiger charge is 2.25. The van der Waals surface area contributed by atoms with E-state index in [0.29, 0.717) is 37.0 Å². The summed E-state index contributed by atoms with van der Waals surface area (Å²) >= 11 is 0. The van der Waals surface area contributed by atoms with Gasteiger partial charge in [-0.15, -0.1) is 0 Å². The third-order valence-electron chi connectivity index (χ3n) is 5.02. The summed E-state index contributed by atoms with van der Waals surface area (Å²) in [6.45, 7) is 11.5. The van der Waals surface area contributed by atoms with E-state index in [9.17, 15) is 9.59 Å². The van der Waals surface area contributed by atoms with Gasteiger partial charge in [0.2, 0.25) is 11.8 Å². The van der Waals surface area contributed by atoms with E-state index in [-0.39, 0.29) is 18.4 Å². The molecule has 168 valence electrons. The van der Waals surface area contributed by atoms with Crippen molar-refractivity contribution in [3.8, 4) is 11.5 Å². The first kappa shape index (κ1) is 22.8. The lowest BCUT2D eigenvalue weighted by molar-refractivity contribution is -0.120. The highest BCUT2D eigenvalue weighted by Crippen LogP contribution is 2.21. The van der Waals surface area contributed by atoms with Crippen molar-refractivity contribution in [3.05, 3.63) is 41.8 Å². The topological polar surface area (TPSA) is 87.9 Å². The van der Waals surface area contributed by atoms with Gasteiger partial charge in [-0.3, -0.25) is 9.69 Å². The van der Waals surface area contributed by atoms with Gasteiger partial charge in [-0.25, -0.2) is 9.78 Å². The standard InChI is InChI=1S/C23H32N4O4/c1-17-19(25-21(30-17)18-8-6-5-7-9-18)16-20(28)24-10-11-26-12-14-27(15-13-26)22(29)31-23(2,3)4/h5-9H,10-16H2,1-4H3,(H,24,28). The molecule has 1 N–H and O–H groups in total. The van der Waals surface area contributed by atoms with Crippen LogP contribution in [0.3, 0.4) is 0 Å². The number of carbonyl (C=O) groups is 2. The van der Waals surface area contributed by atoms with Gasteiger partial charge in [0.05, 0.1) is 12.1 Å². The van der Waals surface area contributed by atoms with Gasteiger partial charge < -0.3 is 19.4 Å². The van der Waals surface area contributed by atoms with Gasteiger partial charge in [-0.05, 0) is 39.8 Å². The van der Waals surface area contributed by atoms with E-state index in [4.69, 9.17) is 9.15 Å². The fraction of sp³-hybridized carbons (Fsp3) is 0.522. The van der Waals surface area contributed by atoms with Gasteiger partial charge >= 0.3 is 6.09 Å². The van der Waals surface area contributed by atoms with E-state index < -0.39 is 5.60 Å². The highest BCUT2D eigenvalue weighted by atomic mass is 16.6. The zero-order chi connectivity index (χ0) is 22.4. The largest absolute Gasteiger partial charge is 0.444 e. The van der Waals surface area contributed by atoms with Gasteiger partial charge in [0.15, 0.2) is 0 Å². The van der Waals surface area contributed by atoms with Crippen LogP contribution in [0.25, 0.3) is 11.5 Å². The minimum atomic E-state index is -0.484. The van der Waals surface area contributed by atoms with Crippen LogP contribution in [0.5, 0.6) is 0 Å². The van der Waals surface area contributed by atoms with Crippen LogP contribution >= 0.6 is 0 Å². The highest BCUT2D eigenvalue weighted by molar-refractivity contribution is 5.78. The summed E-state index contributed by atoms with van der Waals surface area (Å²) in [7, 11) is 0. The maximum Gasteiger partial charge on any atom is 0.410 e. The van der Waals surface area contributed by atoms with E-state index in [2.05, 4.69) is 15.2 Å².